The molecule has 3 N–H and O–H groups in total. The fourth-order valence-corrected chi connectivity index (χ4v) is 2.31. The van der Waals surface area contributed by atoms with Crippen LogP contribution in [0.3, 0.4) is 0 Å². The first-order valence-electron chi connectivity index (χ1n) is 6.30. The van der Waals surface area contributed by atoms with Crippen molar-refractivity contribution in [2.45, 2.75) is 6.92 Å². The van der Waals surface area contributed by atoms with Crippen LogP contribution in [0.1, 0.15) is 17.3 Å². The fraction of sp³-hybridized carbons (Fsp3) is 0.133. The zero-order valence-corrected chi connectivity index (χ0v) is 13.7. The van der Waals surface area contributed by atoms with Gasteiger partial charge in [0, 0.05) is 11.4 Å². The minimum atomic E-state index is -0.441. The number of hydrogen-bond donors (Lipinski definition) is 2. The van der Waals surface area contributed by atoms with Crippen molar-refractivity contribution in [3.05, 3.63) is 51.5 Å². The molecule has 0 aliphatic heterocycles. The first-order valence-corrected chi connectivity index (χ1v) is 7.47. The van der Waals surface area contributed by atoms with E-state index in [0.29, 0.717) is 22.9 Å². The van der Waals surface area contributed by atoms with Gasteiger partial charge in [0.1, 0.15) is 0 Å². The summed E-state index contributed by atoms with van der Waals surface area (Å²) in [7, 11) is 0. The average molecular weight is 370 g/mol. The Hall–Kier alpha value is -1.72. The van der Waals surface area contributed by atoms with Crippen LogP contribution in [0, 0.1) is 0 Å². The van der Waals surface area contributed by atoms with Crippen LogP contribution in [-0.2, 0) is 4.74 Å². The molecular weight excluding hydrogens is 356 g/mol. The number of nitrogen functional groups attached to an aromatic ring is 1. The van der Waals surface area contributed by atoms with Gasteiger partial charge in [-0.2, -0.15) is 0 Å². The third-order valence-electron chi connectivity index (χ3n) is 2.78. The Kier molecular flexibility index (Phi) is 5.09. The zero-order valence-electron chi connectivity index (χ0n) is 11.3. The molecule has 0 amide bonds. The number of carbonyl (C=O) groups is 1. The Labute approximate surface area is 136 Å². The predicted octanol–water partition coefficient (Wildman–Crippen LogP) is 4.61. The van der Waals surface area contributed by atoms with E-state index < -0.39 is 5.97 Å². The summed E-state index contributed by atoms with van der Waals surface area (Å²) in [6, 6.07) is 10.6. The monoisotopic (exact) mass is 368 g/mol. The molecule has 0 atom stereocenters. The molecule has 0 saturated carbocycles. The fourth-order valence-electron chi connectivity index (χ4n) is 1.78. The van der Waals surface area contributed by atoms with Gasteiger partial charge >= 0.3 is 5.97 Å². The van der Waals surface area contributed by atoms with Gasteiger partial charge in [-0.25, -0.2) is 4.79 Å². The molecule has 0 radical (unpaired) electrons. The van der Waals surface area contributed by atoms with Crippen molar-refractivity contribution in [1.82, 2.24) is 0 Å². The number of ether oxygens (including phenoxy) is 1. The van der Waals surface area contributed by atoms with Gasteiger partial charge in [-0.15, -0.1) is 0 Å². The van der Waals surface area contributed by atoms with Crippen molar-refractivity contribution in [3.8, 4) is 0 Å². The SMILES string of the molecule is CCOC(=O)c1cc(Nc2cccc(Cl)c2Br)ccc1N. The quantitative estimate of drug-likeness (QED) is 0.610. The Morgan fingerprint density at radius 2 is 2.14 bits per heavy atom. The highest BCUT2D eigenvalue weighted by Crippen LogP contribution is 2.32. The molecule has 0 aliphatic carbocycles. The summed E-state index contributed by atoms with van der Waals surface area (Å²) < 4.78 is 5.73. The maximum atomic E-state index is 11.8. The smallest absolute Gasteiger partial charge is 0.340 e. The molecule has 0 aliphatic rings. The summed E-state index contributed by atoms with van der Waals surface area (Å²) in [6.07, 6.45) is 0. The standard InChI is InChI=1S/C15H14BrClN2O2/c1-2-21-15(20)10-8-9(6-7-12(10)18)19-13-5-3-4-11(17)14(13)16/h3-8,19H,2,18H2,1H3. The highest BCUT2D eigenvalue weighted by atomic mass is 79.9. The van der Waals surface area contributed by atoms with Gasteiger partial charge in [-0.1, -0.05) is 17.7 Å². The number of rotatable bonds is 4. The molecule has 0 bridgehead atoms. The van der Waals surface area contributed by atoms with Gasteiger partial charge in [0.2, 0.25) is 0 Å². The topological polar surface area (TPSA) is 64.3 Å². The van der Waals surface area contributed by atoms with E-state index >= 15 is 0 Å². The molecule has 0 spiro atoms. The predicted molar refractivity (Wildman–Crippen MR) is 89.2 cm³/mol. The van der Waals surface area contributed by atoms with Crippen LogP contribution in [0.25, 0.3) is 0 Å². The van der Waals surface area contributed by atoms with Crippen LogP contribution >= 0.6 is 27.5 Å². The first-order chi connectivity index (χ1) is 10.0. The van der Waals surface area contributed by atoms with E-state index in [-0.39, 0.29) is 0 Å². The van der Waals surface area contributed by atoms with E-state index in [0.717, 1.165) is 15.8 Å². The van der Waals surface area contributed by atoms with Crippen molar-refractivity contribution in [2.75, 3.05) is 17.7 Å². The highest BCUT2D eigenvalue weighted by Gasteiger charge is 2.12. The molecule has 2 aromatic rings. The van der Waals surface area contributed by atoms with E-state index in [9.17, 15) is 4.79 Å². The number of anilines is 3. The van der Waals surface area contributed by atoms with Gasteiger partial charge in [-0.3, -0.25) is 0 Å². The molecule has 21 heavy (non-hydrogen) atoms. The van der Waals surface area contributed by atoms with Crippen molar-refractivity contribution in [2.24, 2.45) is 0 Å². The minimum Gasteiger partial charge on any atom is -0.462 e. The second-order valence-electron chi connectivity index (χ2n) is 4.25. The Morgan fingerprint density at radius 3 is 2.86 bits per heavy atom. The number of esters is 1. The number of nitrogens with two attached hydrogens (primary N) is 1. The molecule has 4 nitrogen and oxygen atoms in total. The summed E-state index contributed by atoms with van der Waals surface area (Å²) in [5.41, 5.74) is 8.03. The minimum absolute atomic E-state index is 0.301. The van der Waals surface area contributed by atoms with E-state index in [2.05, 4.69) is 21.2 Å². The highest BCUT2D eigenvalue weighted by molar-refractivity contribution is 9.10. The Bertz CT molecular complexity index is 677. The van der Waals surface area contributed by atoms with Gasteiger partial charge in [0.05, 0.1) is 27.4 Å². The maximum Gasteiger partial charge on any atom is 0.340 e. The molecule has 0 saturated heterocycles. The first kappa shape index (κ1) is 15.7. The molecular formula is C15H14BrClN2O2. The second-order valence-corrected chi connectivity index (χ2v) is 5.45. The molecule has 0 aromatic heterocycles. The zero-order chi connectivity index (χ0) is 15.4. The maximum absolute atomic E-state index is 11.8. The normalized spacial score (nSPS) is 10.2. The van der Waals surface area contributed by atoms with Crippen molar-refractivity contribution in [3.63, 3.8) is 0 Å². The summed E-state index contributed by atoms with van der Waals surface area (Å²) in [5, 5.41) is 3.78. The third kappa shape index (κ3) is 3.68. The number of nitrogens with one attached hydrogen (secondary N) is 1. The van der Waals surface area contributed by atoms with E-state index in [1.165, 1.54) is 0 Å². The van der Waals surface area contributed by atoms with Crippen LogP contribution < -0.4 is 11.1 Å². The average Bonchev–Trinajstić information content (AvgIpc) is 2.46. The molecule has 0 fully saturated rings. The molecule has 2 aromatic carbocycles. The lowest BCUT2D eigenvalue weighted by atomic mass is 10.1. The third-order valence-corrected chi connectivity index (χ3v) is 4.18. The lowest BCUT2D eigenvalue weighted by Crippen LogP contribution is -2.08. The Morgan fingerprint density at radius 1 is 1.38 bits per heavy atom. The number of halogens is 2. The summed E-state index contributed by atoms with van der Waals surface area (Å²) in [6.45, 7) is 2.05. The summed E-state index contributed by atoms with van der Waals surface area (Å²) in [5.74, 6) is -0.441. The van der Waals surface area contributed by atoms with Crippen LogP contribution in [0.2, 0.25) is 5.02 Å². The number of carbonyl (C=O) groups excluding carboxylic acids is 1. The lowest BCUT2D eigenvalue weighted by Gasteiger charge is -2.12. The molecule has 2 rings (SSSR count). The number of hydrogen-bond acceptors (Lipinski definition) is 4. The second kappa shape index (κ2) is 6.83. The van der Waals surface area contributed by atoms with Crippen molar-refractivity contribution < 1.29 is 9.53 Å². The van der Waals surface area contributed by atoms with E-state index in [1.807, 2.05) is 12.1 Å². The van der Waals surface area contributed by atoms with Gasteiger partial charge in [0.15, 0.2) is 0 Å². The number of benzene rings is 2. The Balaban J connectivity index is 2.31. The molecule has 110 valence electrons. The van der Waals surface area contributed by atoms with Crippen LogP contribution in [0.5, 0.6) is 0 Å². The van der Waals surface area contributed by atoms with Gasteiger partial charge < -0.3 is 15.8 Å². The molecule has 6 heteroatoms. The lowest BCUT2D eigenvalue weighted by molar-refractivity contribution is 0.0527. The largest absolute Gasteiger partial charge is 0.462 e. The van der Waals surface area contributed by atoms with E-state index in [1.54, 1.807) is 31.2 Å². The van der Waals surface area contributed by atoms with Crippen LogP contribution in [0.4, 0.5) is 17.1 Å². The van der Waals surface area contributed by atoms with Crippen LogP contribution in [0.15, 0.2) is 40.9 Å². The van der Waals surface area contributed by atoms with Gasteiger partial charge in [0.25, 0.3) is 0 Å². The summed E-state index contributed by atoms with van der Waals surface area (Å²) in [4.78, 5) is 11.8. The molecule has 0 unspecified atom stereocenters. The van der Waals surface area contributed by atoms with Gasteiger partial charge in [-0.05, 0) is 53.2 Å². The van der Waals surface area contributed by atoms with Crippen molar-refractivity contribution in [1.29, 1.82) is 0 Å². The molecule has 0 heterocycles. The van der Waals surface area contributed by atoms with Crippen LogP contribution in [-0.4, -0.2) is 12.6 Å². The van der Waals surface area contributed by atoms with Crippen molar-refractivity contribution >= 4 is 50.6 Å². The summed E-state index contributed by atoms with van der Waals surface area (Å²) >= 11 is 9.46. The van der Waals surface area contributed by atoms with E-state index in [4.69, 9.17) is 22.1 Å².